The number of amides is 1. The lowest BCUT2D eigenvalue weighted by Gasteiger charge is -2.31. The maximum Gasteiger partial charge on any atom is 0.235 e. The van der Waals surface area contributed by atoms with E-state index in [1.165, 1.54) is 16.4 Å². The van der Waals surface area contributed by atoms with E-state index in [4.69, 9.17) is 10.3 Å². The first kappa shape index (κ1) is 15.9. The molecule has 3 rings (SSSR count). The largest absolute Gasteiger partial charge is 0.461 e. The third kappa shape index (κ3) is 3.36. The van der Waals surface area contributed by atoms with Crippen molar-refractivity contribution in [2.75, 3.05) is 18.9 Å². The SMILES string of the molecule is CC1CCN(C(=O)C(C)Sc2nnc(-c3ccco3)n2N)CC1. The summed E-state index contributed by atoms with van der Waals surface area (Å²) in [4.78, 5) is 14.5. The van der Waals surface area contributed by atoms with Crippen LogP contribution in [0.2, 0.25) is 0 Å². The Balaban J connectivity index is 1.66. The molecular weight excluding hydrogens is 314 g/mol. The molecule has 23 heavy (non-hydrogen) atoms. The van der Waals surface area contributed by atoms with Crippen LogP contribution in [0.5, 0.6) is 0 Å². The number of aromatic nitrogens is 3. The summed E-state index contributed by atoms with van der Waals surface area (Å²) in [6.45, 7) is 5.77. The Kier molecular flexibility index (Phi) is 4.61. The number of rotatable bonds is 4. The van der Waals surface area contributed by atoms with E-state index in [1.807, 2.05) is 11.8 Å². The Hall–Kier alpha value is -1.96. The van der Waals surface area contributed by atoms with Gasteiger partial charge in [-0.15, -0.1) is 10.2 Å². The van der Waals surface area contributed by atoms with Gasteiger partial charge in [-0.1, -0.05) is 18.7 Å². The van der Waals surface area contributed by atoms with E-state index < -0.39 is 0 Å². The molecule has 3 heterocycles. The van der Waals surface area contributed by atoms with E-state index in [1.54, 1.807) is 18.4 Å². The zero-order chi connectivity index (χ0) is 16.4. The van der Waals surface area contributed by atoms with Crippen molar-refractivity contribution in [3.63, 3.8) is 0 Å². The predicted octanol–water partition coefficient (Wildman–Crippen LogP) is 1.99. The molecule has 1 aliphatic rings. The van der Waals surface area contributed by atoms with Crippen LogP contribution in [0.25, 0.3) is 11.6 Å². The van der Waals surface area contributed by atoms with Crippen molar-refractivity contribution in [3.8, 4) is 11.6 Å². The molecule has 0 radical (unpaired) electrons. The Morgan fingerprint density at radius 3 is 2.83 bits per heavy atom. The van der Waals surface area contributed by atoms with Crippen molar-refractivity contribution in [1.29, 1.82) is 0 Å². The van der Waals surface area contributed by atoms with E-state index in [0.717, 1.165) is 25.9 Å². The number of thioether (sulfide) groups is 1. The molecule has 2 N–H and O–H groups in total. The van der Waals surface area contributed by atoms with Gasteiger partial charge in [0, 0.05) is 13.1 Å². The fourth-order valence-corrected chi connectivity index (χ4v) is 3.48. The zero-order valence-corrected chi connectivity index (χ0v) is 14.1. The second-order valence-corrected chi connectivity index (χ2v) is 7.23. The van der Waals surface area contributed by atoms with Crippen molar-refractivity contribution >= 4 is 17.7 Å². The Bertz CT molecular complexity index is 661. The van der Waals surface area contributed by atoms with Gasteiger partial charge >= 0.3 is 0 Å². The minimum absolute atomic E-state index is 0.129. The Morgan fingerprint density at radius 1 is 1.43 bits per heavy atom. The van der Waals surface area contributed by atoms with Crippen LogP contribution in [-0.4, -0.2) is 44.0 Å². The summed E-state index contributed by atoms with van der Waals surface area (Å²) in [6.07, 6.45) is 3.69. The molecule has 1 amide bonds. The third-order valence-corrected chi connectivity index (χ3v) is 5.18. The summed E-state index contributed by atoms with van der Waals surface area (Å²) in [6, 6.07) is 3.53. The number of hydrogen-bond acceptors (Lipinski definition) is 6. The molecule has 0 saturated carbocycles. The summed E-state index contributed by atoms with van der Waals surface area (Å²) in [5.74, 6) is 7.85. The van der Waals surface area contributed by atoms with E-state index >= 15 is 0 Å². The molecular formula is C15H21N5O2S. The minimum Gasteiger partial charge on any atom is -0.461 e. The molecule has 1 saturated heterocycles. The molecule has 2 aromatic rings. The topological polar surface area (TPSA) is 90.2 Å². The molecule has 0 bridgehead atoms. The van der Waals surface area contributed by atoms with E-state index in [-0.39, 0.29) is 11.2 Å². The molecule has 124 valence electrons. The van der Waals surface area contributed by atoms with E-state index in [2.05, 4.69) is 17.1 Å². The van der Waals surface area contributed by atoms with Crippen LogP contribution >= 0.6 is 11.8 Å². The number of hydrogen-bond donors (Lipinski definition) is 1. The lowest BCUT2D eigenvalue weighted by Crippen LogP contribution is -2.41. The van der Waals surface area contributed by atoms with Crippen LogP contribution in [0.3, 0.4) is 0 Å². The van der Waals surface area contributed by atoms with Crippen LogP contribution in [0.4, 0.5) is 0 Å². The number of likely N-dealkylation sites (tertiary alicyclic amines) is 1. The van der Waals surface area contributed by atoms with Gasteiger partial charge in [0.1, 0.15) is 0 Å². The fraction of sp³-hybridized carbons (Fsp3) is 0.533. The van der Waals surface area contributed by atoms with Crippen molar-refractivity contribution in [1.82, 2.24) is 19.8 Å². The minimum atomic E-state index is -0.251. The highest BCUT2D eigenvalue weighted by atomic mass is 32.2. The summed E-state index contributed by atoms with van der Waals surface area (Å²) in [7, 11) is 0. The molecule has 1 fully saturated rings. The van der Waals surface area contributed by atoms with Crippen molar-refractivity contribution < 1.29 is 9.21 Å². The average Bonchev–Trinajstić information content (AvgIpc) is 3.18. The average molecular weight is 335 g/mol. The quantitative estimate of drug-likeness (QED) is 0.679. The molecule has 0 aliphatic carbocycles. The number of carbonyl (C=O) groups excluding carboxylic acids is 1. The number of furan rings is 1. The third-order valence-electron chi connectivity index (χ3n) is 4.13. The lowest BCUT2D eigenvalue weighted by atomic mass is 9.99. The molecule has 7 nitrogen and oxygen atoms in total. The Morgan fingerprint density at radius 2 is 2.17 bits per heavy atom. The highest BCUT2D eigenvalue weighted by Gasteiger charge is 2.27. The normalized spacial score (nSPS) is 17.4. The maximum absolute atomic E-state index is 12.5. The maximum atomic E-state index is 12.5. The number of nitrogens with zero attached hydrogens (tertiary/aromatic N) is 4. The van der Waals surface area contributed by atoms with Crippen LogP contribution in [0.15, 0.2) is 28.0 Å². The van der Waals surface area contributed by atoms with Crippen molar-refractivity contribution in [2.24, 2.45) is 5.92 Å². The van der Waals surface area contributed by atoms with Gasteiger partial charge < -0.3 is 15.2 Å². The van der Waals surface area contributed by atoms with Gasteiger partial charge in [-0.3, -0.25) is 4.79 Å². The Labute approximate surface area is 139 Å². The number of nitrogen functional groups attached to an aromatic ring is 1. The van der Waals surface area contributed by atoms with Crippen LogP contribution in [0.1, 0.15) is 26.7 Å². The smallest absolute Gasteiger partial charge is 0.235 e. The summed E-state index contributed by atoms with van der Waals surface area (Å²) in [5, 5.41) is 8.36. The molecule has 1 unspecified atom stereocenters. The number of nitrogens with two attached hydrogens (primary N) is 1. The highest BCUT2D eigenvalue weighted by Crippen LogP contribution is 2.27. The molecule has 1 aliphatic heterocycles. The van der Waals surface area contributed by atoms with Gasteiger partial charge in [0.05, 0.1) is 11.5 Å². The second kappa shape index (κ2) is 6.66. The predicted molar refractivity (Wildman–Crippen MR) is 88.2 cm³/mol. The van der Waals surface area contributed by atoms with Gasteiger partial charge in [-0.2, -0.15) is 0 Å². The van der Waals surface area contributed by atoms with Gasteiger partial charge in [0.15, 0.2) is 5.76 Å². The molecule has 0 spiro atoms. The lowest BCUT2D eigenvalue weighted by molar-refractivity contribution is -0.131. The fourth-order valence-electron chi connectivity index (χ4n) is 2.63. The summed E-state index contributed by atoms with van der Waals surface area (Å²) in [5.41, 5.74) is 0. The van der Waals surface area contributed by atoms with Crippen molar-refractivity contribution in [3.05, 3.63) is 18.4 Å². The number of piperidine rings is 1. The van der Waals surface area contributed by atoms with E-state index in [9.17, 15) is 4.79 Å². The second-order valence-electron chi connectivity index (χ2n) is 5.92. The van der Waals surface area contributed by atoms with Crippen LogP contribution in [0, 0.1) is 5.92 Å². The first-order valence-corrected chi connectivity index (χ1v) is 8.64. The highest BCUT2D eigenvalue weighted by molar-refractivity contribution is 8.00. The standard InChI is InChI=1S/C15H21N5O2S/c1-10-5-7-19(8-6-10)14(21)11(2)23-15-18-17-13(20(15)16)12-4-3-9-22-12/h3-4,9-11H,5-8,16H2,1-2H3. The first-order valence-electron chi connectivity index (χ1n) is 7.76. The molecule has 1 atom stereocenters. The molecule has 8 heteroatoms. The van der Waals surface area contributed by atoms with Gasteiger partial charge in [0.25, 0.3) is 0 Å². The first-order chi connectivity index (χ1) is 11.1. The van der Waals surface area contributed by atoms with Gasteiger partial charge in [-0.25, -0.2) is 4.68 Å². The molecule has 2 aromatic heterocycles. The van der Waals surface area contributed by atoms with Crippen LogP contribution < -0.4 is 5.84 Å². The van der Waals surface area contributed by atoms with Crippen molar-refractivity contribution in [2.45, 2.75) is 37.1 Å². The summed E-state index contributed by atoms with van der Waals surface area (Å²) < 4.78 is 6.65. The zero-order valence-electron chi connectivity index (χ0n) is 13.3. The van der Waals surface area contributed by atoms with Crippen LogP contribution in [-0.2, 0) is 4.79 Å². The number of carbonyl (C=O) groups is 1. The monoisotopic (exact) mass is 335 g/mol. The molecule has 0 aromatic carbocycles. The van der Waals surface area contributed by atoms with E-state index in [0.29, 0.717) is 22.7 Å². The van der Waals surface area contributed by atoms with Gasteiger partial charge in [0.2, 0.25) is 16.9 Å². The summed E-state index contributed by atoms with van der Waals surface area (Å²) >= 11 is 1.32. The van der Waals surface area contributed by atoms with Gasteiger partial charge in [-0.05, 0) is 37.8 Å².